The Hall–Kier alpha value is -4.45. The molecule has 6 nitrogen and oxygen atoms in total. The number of aromatic nitrogens is 2. The van der Waals surface area contributed by atoms with Crippen LogP contribution in [0.1, 0.15) is 17.3 Å². The molecule has 1 aliphatic heterocycles. The largest absolute Gasteiger partial charge is 0.493 e. The zero-order chi connectivity index (χ0) is 24.6. The summed E-state index contributed by atoms with van der Waals surface area (Å²) >= 11 is 0. The molecule has 0 spiro atoms. The Kier molecular flexibility index (Phi) is 5.49. The number of methoxy groups -OCH3 is 3. The van der Waals surface area contributed by atoms with Crippen molar-refractivity contribution in [3.05, 3.63) is 102 Å². The van der Waals surface area contributed by atoms with Crippen LogP contribution in [0.4, 0.5) is 5.69 Å². The summed E-state index contributed by atoms with van der Waals surface area (Å²) in [5.74, 6) is 2.76. The van der Waals surface area contributed by atoms with E-state index < -0.39 is 0 Å². The smallest absolute Gasteiger partial charge is 0.203 e. The van der Waals surface area contributed by atoms with Crippen molar-refractivity contribution in [1.29, 1.82) is 0 Å². The standard InChI is InChI=1S/C30H27N3O3/c1-34-26-17-21(18-27(35-2)28(26)36-3)30-32(19-20-11-5-4-6-12-20)24-15-9-7-13-22(24)29-31-23-14-8-10-16-25(23)33(29)30/h4-18,30H,19H2,1-3H3/t30-/m0/s1. The molecule has 0 unspecified atom stereocenters. The minimum Gasteiger partial charge on any atom is -0.493 e. The molecule has 0 fully saturated rings. The SMILES string of the molecule is COc1cc([C@H]2N(Cc3ccccc3)c3ccccc3-c3nc4ccccc4n32)cc(OC)c1OC. The van der Waals surface area contributed by atoms with Crippen LogP contribution in [0, 0.1) is 0 Å². The van der Waals surface area contributed by atoms with E-state index in [1.54, 1.807) is 21.3 Å². The Balaban J connectivity index is 1.66. The molecule has 5 aromatic rings. The van der Waals surface area contributed by atoms with Crippen LogP contribution >= 0.6 is 0 Å². The fourth-order valence-corrected chi connectivity index (χ4v) is 5.20. The molecule has 1 aromatic heterocycles. The lowest BCUT2D eigenvalue weighted by atomic mass is 10.0. The summed E-state index contributed by atoms with van der Waals surface area (Å²) in [6.45, 7) is 0.713. The fourth-order valence-electron chi connectivity index (χ4n) is 5.20. The number of ether oxygens (including phenoxy) is 3. The maximum absolute atomic E-state index is 5.74. The van der Waals surface area contributed by atoms with Crippen LogP contribution < -0.4 is 19.1 Å². The van der Waals surface area contributed by atoms with Crippen LogP contribution in [0.3, 0.4) is 0 Å². The number of hydrogen-bond acceptors (Lipinski definition) is 5. The molecule has 36 heavy (non-hydrogen) atoms. The molecule has 0 amide bonds. The van der Waals surface area contributed by atoms with E-state index in [1.165, 1.54) is 5.56 Å². The van der Waals surface area contributed by atoms with Crippen LogP contribution in [0.25, 0.3) is 22.4 Å². The minimum absolute atomic E-state index is 0.198. The van der Waals surface area contributed by atoms with Crippen LogP contribution in [0.5, 0.6) is 17.2 Å². The lowest BCUT2D eigenvalue weighted by molar-refractivity contribution is 0.323. The highest BCUT2D eigenvalue weighted by atomic mass is 16.5. The third kappa shape index (κ3) is 3.45. The molecule has 0 N–H and O–H groups in total. The van der Waals surface area contributed by atoms with Gasteiger partial charge in [-0.15, -0.1) is 0 Å². The second-order valence-corrected chi connectivity index (χ2v) is 8.76. The maximum atomic E-state index is 5.74. The summed E-state index contributed by atoms with van der Waals surface area (Å²) in [6, 6.07) is 31.4. The van der Waals surface area contributed by atoms with E-state index in [1.807, 2.05) is 24.3 Å². The lowest BCUT2D eigenvalue weighted by Gasteiger charge is -2.41. The summed E-state index contributed by atoms with van der Waals surface area (Å²) in [7, 11) is 4.92. The molecule has 2 heterocycles. The van der Waals surface area contributed by atoms with Gasteiger partial charge in [-0.2, -0.15) is 0 Å². The summed E-state index contributed by atoms with van der Waals surface area (Å²) in [5, 5.41) is 0. The monoisotopic (exact) mass is 477 g/mol. The van der Waals surface area contributed by atoms with Crippen LogP contribution in [0.15, 0.2) is 91.0 Å². The predicted octanol–water partition coefficient (Wildman–Crippen LogP) is 6.30. The van der Waals surface area contributed by atoms with E-state index >= 15 is 0 Å². The van der Waals surface area contributed by atoms with Crippen molar-refractivity contribution in [3.8, 4) is 28.6 Å². The third-order valence-electron chi connectivity index (χ3n) is 6.77. The van der Waals surface area contributed by atoms with Crippen molar-refractivity contribution in [1.82, 2.24) is 9.55 Å². The minimum atomic E-state index is -0.198. The molecule has 0 bridgehead atoms. The second-order valence-electron chi connectivity index (χ2n) is 8.76. The van der Waals surface area contributed by atoms with Gasteiger partial charge < -0.3 is 19.1 Å². The zero-order valence-electron chi connectivity index (χ0n) is 20.5. The van der Waals surface area contributed by atoms with Crippen LogP contribution in [-0.4, -0.2) is 30.9 Å². The maximum Gasteiger partial charge on any atom is 0.203 e. The lowest BCUT2D eigenvalue weighted by Crippen LogP contribution is -2.37. The van der Waals surface area contributed by atoms with E-state index in [0.717, 1.165) is 33.7 Å². The highest BCUT2D eigenvalue weighted by Crippen LogP contribution is 2.48. The molecule has 0 aliphatic carbocycles. The van der Waals surface area contributed by atoms with Crippen LogP contribution in [-0.2, 0) is 6.54 Å². The number of rotatable bonds is 6. The van der Waals surface area contributed by atoms with E-state index in [-0.39, 0.29) is 6.17 Å². The molecule has 6 heteroatoms. The zero-order valence-corrected chi connectivity index (χ0v) is 20.5. The van der Waals surface area contributed by atoms with Crippen molar-refractivity contribution in [2.24, 2.45) is 0 Å². The Morgan fingerprint density at radius 1 is 0.750 bits per heavy atom. The number of nitrogens with zero attached hydrogens (tertiary/aromatic N) is 3. The van der Waals surface area contributed by atoms with E-state index in [2.05, 4.69) is 76.2 Å². The summed E-state index contributed by atoms with van der Waals surface area (Å²) < 4.78 is 19.4. The molecule has 0 radical (unpaired) electrons. The van der Waals surface area contributed by atoms with Gasteiger partial charge in [0.2, 0.25) is 5.75 Å². The van der Waals surface area contributed by atoms with Gasteiger partial charge in [-0.1, -0.05) is 54.6 Å². The van der Waals surface area contributed by atoms with Crippen molar-refractivity contribution in [2.45, 2.75) is 12.7 Å². The number of para-hydroxylation sites is 3. The highest BCUT2D eigenvalue weighted by Gasteiger charge is 2.35. The Morgan fingerprint density at radius 3 is 2.14 bits per heavy atom. The third-order valence-corrected chi connectivity index (χ3v) is 6.77. The molecular formula is C30H27N3O3. The number of fused-ring (bicyclic) bond motifs is 5. The van der Waals surface area contributed by atoms with Gasteiger partial charge in [-0.25, -0.2) is 4.98 Å². The number of anilines is 1. The molecule has 1 aliphatic rings. The van der Waals surface area contributed by atoms with Gasteiger partial charge in [0.25, 0.3) is 0 Å². The summed E-state index contributed by atoms with van der Waals surface area (Å²) in [5.41, 5.74) is 6.49. The van der Waals surface area contributed by atoms with Crippen molar-refractivity contribution in [3.63, 3.8) is 0 Å². The van der Waals surface area contributed by atoms with Gasteiger partial charge >= 0.3 is 0 Å². The normalized spacial score (nSPS) is 14.3. The molecule has 0 saturated carbocycles. The average molecular weight is 478 g/mol. The van der Waals surface area contributed by atoms with Gasteiger partial charge in [-0.3, -0.25) is 4.57 Å². The topological polar surface area (TPSA) is 48.8 Å². The molecular weight excluding hydrogens is 450 g/mol. The fraction of sp³-hybridized carbons (Fsp3) is 0.167. The molecule has 6 rings (SSSR count). The van der Waals surface area contributed by atoms with Gasteiger partial charge in [0.15, 0.2) is 11.5 Å². The van der Waals surface area contributed by atoms with E-state index in [4.69, 9.17) is 19.2 Å². The first-order chi connectivity index (χ1) is 17.7. The Morgan fingerprint density at radius 2 is 1.42 bits per heavy atom. The number of imidazole rings is 1. The Labute approximate surface area is 210 Å². The predicted molar refractivity (Wildman–Crippen MR) is 142 cm³/mol. The first-order valence-corrected chi connectivity index (χ1v) is 11.9. The molecule has 0 saturated heterocycles. The molecule has 1 atom stereocenters. The highest BCUT2D eigenvalue weighted by molar-refractivity contribution is 5.87. The van der Waals surface area contributed by atoms with E-state index in [0.29, 0.717) is 23.8 Å². The first-order valence-electron chi connectivity index (χ1n) is 11.9. The summed E-state index contributed by atoms with van der Waals surface area (Å²) in [4.78, 5) is 7.50. The average Bonchev–Trinajstić information content (AvgIpc) is 3.32. The van der Waals surface area contributed by atoms with Gasteiger partial charge in [0.05, 0.1) is 32.4 Å². The number of hydrogen-bond donors (Lipinski definition) is 0. The van der Waals surface area contributed by atoms with E-state index in [9.17, 15) is 0 Å². The van der Waals surface area contributed by atoms with Gasteiger partial charge in [-0.05, 0) is 42.0 Å². The van der Waals surface area contributed by atoms with Gasteiger partial charge in [0.1, 0.15) is 12.0 Å². The van der Waals surface area contributed by atoms with Crippen molar-refractivity contribution < 1.29 is 14.2 Å². The summed E-state index contributed by atoms with van der Waals surface area (Å²) in [6.07, 6.45) is -0.198. The quantitative estimate of drug-likeness (QED) is 0.287. The van der Waals surface area contributed by atoms with Crippen LogP contribution in [0.2, 0.25) is 0 Å². The van der Waals surface area contributed by atoms with Crippen molar-refractivity contribution >= 4 is 16.7 Å². The number of benzene rings is 4. The molecule has 4 aromatic carbocycles. The Bertz CT molecular complexity index is 1520. The molecule has 180 valence electrons. The second kappa shape index (κ2) is 8.96. The van der Waals surface area contributed by atoms with Gasteiger partial charge in [0, 0.05) is 23.4 Å². The van der Waals surface area contributed by atoms with Crippen molar-refractivity contribution in [2.75, 3.05) is 26.2 Å². The first kappa shape index (κ1) is 22.0.